The van der Waals surface area contributed by atoms with E-state index >= 15 is 0 Å². The second-order valence-corrected chi connectivity index (χ2v) is 5.94. The van der Waals surface area contributed by atoms with Gasteiger partial charge >= 0.3 is 5.97 Å². The van der Waals surface area contributed by atoms with E-state index in [0.29, 0.717) is 5.56 Å². The van der Waals surface area contributed by atoms with Gasteiger partial charge in [0.2, 0.25) is 0 Å². The van der Waals surface area contributed by atoms with Crippen molar-refractivity contribution in [2.24, 2.45) is 0 Å². The highest BCUT2D eigenvalue weighted by molar-refractivity contribution is 5.91. The summed E-state index contributed by atoms with van der Waals surface area (Å²) in [7, 11) is 0. The molecular weight excluding hydrogens is 304 g/mol. The summed E-state index contributed by atoms with van der Waals surface area (Å²) >= 11 is 0. The average Bonchev–Trinajstić information content (AvgIpc) is 2.62. The van der Waals surface area contributed by atoms with Gasteiger partial charge in [-0.3, -0.25) is 9.78 Å². The van der Waals surface area contributed by atoms with Crippen molar-refractivity contribution < 1.29 is 14.3 Å². The van der Waals surface area contributed by atoms with E-state index in [0.717, 1.165) is 24.8 Å². The second kappa shape index (κ2) is 7.25. The minimum Gasteiger partial charge on any atom is -0.449 e. The van der Waals surface area contributed by atoms with Crippen LogP contribution in [0.4, 0.5) is 0 Å². The van der Waals surface area contributed by atoms with Gasteiger partial charge in [0.15, 0.2) is 6.10 Å². The summed E-state index contributed by atoms with van der Waals surface area (Å²) in [5, 5.41) is 3.00. The minimum absolute atomic E-state index is 0.0259. The van der Waals surface area contributed by atoms with Gasteiger partial charge in [0.05, 0.1) is 11.6 Å². The van der Waals surface area contributed by atoms with Gasteiger partial charge in [-0.05, 0) is 49.4 Å². The summed E-state index contributed by atoms with van der Waals surface area (Å²) in [6, 6.07) is 11.4. The molecule has 0 saturated carbocycles. The Kier molecular flexibility index (Phi) is 4.89. The minimum atomic E-state index is -0.855. The van der Waals surface area contributed by atoms with Crippen LogP contribution in [0.5, 0.6) is 0 Å². The highest BCUT2D eigenvalue weighted by atomic mass is 16.5. The summed E-state index contributed by atoms with van der Waals surface area (Å²) < 4.78 is 5.24. The molecule has 0 bridgehead atoms. The molecule has 1 heterocycles. The highest BCUT2D eigenvalue weighted by Gasteiger charge is 2.25. The first-order valence-electron chi connectivity index (χ1n) is 8.14. The van der Waals surface area contributed by atoms with E-state index in [1.54, 1.807) is 25.3 Å². The van der Waals surface area contributed by atoms with Crippen LogP contribution in [0.15, 0.2) is 48.8 Å². The van der Waals surface area contributed by atoms with Gasteiger partial charge in [-0.25, -0.2) is 4.79 Å². The fourth-order valence-electron chi connectivity index (χ4n) is 2.96. The highest BCUT2D eigenvalue weighted by Crippen LogP contribution is 2.29. The smallest absolute Gasteiger partial charge is 0.340 e. The first kappa shape index (κ1) is 16.2. The number of ether oxygens (including phenoxy) is 1. The van der Waals surface area contributed by atoms with E-state index in [2.05, 4.69) is 16.4 Å². The molecule has 1 aliphatic carbocycles. The lowest BCUT2D eigenvalue weighted by Crippen LogP contribution is -2.39. The van der Waals surface area contributed by atoms with Crippen LogP contribution in [-0.2, 0) is 16.0 Å². The summed E-state index contributed by atoms with van der Waals surface area (Å²) in [5.41, 5.74) is 2.76. The Bertz CT molecular complexity index is 730. The molecule has 0 fully saturated rings. The third kappa shape index (κ3) is 3.62. The van der Waals surface area contributed by atoms with Crippen molar-refractivity contribution in [2.75, 3.05) is 0 Å². The fourth-order valence-corrected chi connectivity index (χ4v) is 2.96. The third-order valence-corrected chi connectivity index (χ3v) is 4.24. The second-order valence-electron chi connectivity index (χ2n) is 5.94. The molecule has 2 atom stereocenters. The Morgan fingerprint density at radius 2 is 2.08 bits per heavy atom. The molecule has 1 amide bonds. The Balaban J connectivity index is 1.62. The number of amides is 1. The molecule has 0 saturated heterocycles. The van der Waals surface area contributed by atoms with E-state index in [1.807, 2.05) is 18.2 Å². The number of rotatable bonds is 4. The lowest BCUT2D eigenvalue weighted by atomic mass is 9.87. The lowest BCUT2D eigenvalue weighted by Gasteiger charge is -2.27. The van der Waals surface area contributed by atoms with Gasteiger partial charge < -0.3 is 10.1 Å². The topological polar surface area (TPSA) is 68.3 Å². The zero-order chi connectivity index (χ0) is 16.9. The maximum absolute atomic E-state index is 12.4. The van der Waals surface area contributed by atoms with Crippen molar-refractivity contribution in [3.63, 3.8) is 0 Å². The number of nitrogens with zero attached hydrogens (tertiary/aromatic N) is 1. The van der Waals surface area contributed by atoms with Crippen molar-refractivity contribution in [3.05, 3.63) is 65.5 Å². The number of benzene rings is 1. The van der Waals surface area contributed by atoms with E-state index in [9.17, 15) is 9.59 Å². The summed E-state index contributed by atoms with van der Waals surface area (Å²) in [4.78, 5) is 28.3. The van der Waals surface area contributed by atoms with Crippen molar-refractivity contribution >= 4 is 11.9 Å². The predicted octanol–water partition coefficient (Wildman–Crippen LogP) is 2.82. The number of pyridine rings is 1. The van der Waals surface area contributed by atoms with E-state index in [-0.39, 0.29) is 11.9 Å². The van der Waals surface area contributed by atoms with E-state index in [4.69, 9.17) is 4.74 Å². The molecule has 5 heteroatoms. The largest absolute Gasteiger partial charge is 0.449 e. The molecule has 2 aromatic rings. The quantitative estimate of drug-likeness (QED) is 0.878. The van der Waals surface area contributed by atoms with Crippen LogP contribution in [-0.4, -0.2) is 23.0 Å². The number of aromatic nitrogens is 1. The monoisotopic (exact) mass is 324 g/mol. The Labute approximate surface area is 141 Å². The van der Waals surface area contributed by atoms with Crippen LogP contribution in [0.25, 0.3) is 0 Å². The van der Waals surface area contributed by atoms with E-state index < -0.39 is 12.1 Å². The lowest BCUT2D eigenvalue weighted by molar-refractivity contribution is -0.130. The molecule has 0 unspecified atom stereocenters. The molecular formula is C19H20N2O3. The summed E-state index contributed by atoms with van der Waals surface area (Å²) in [5.74, 6) is -0.830. The SMILES string of the molecule is C[C@H](OC(=O)c1cccnc1)C(=O)N[C@H]1CCCc2ccccc21. The standard InChI is InChI=1S/C19H20N2O3/c1-13(24-19(23)15-8-5-11-20-12-15)18(22)21-17-10-4-7-14-6-2-3-9-16(14)17/h2-3,5-6,8-9,11-13,17H,4,7,10H2,1H3,(H,21,22)/t13-,17-/m0/s1. The molecule has 124 valence electrons. The van der Waals surface area contributed by atoms with Gasteiger partial charge in [-0.1, -0.05) is 24.3 Å². The maximum Gasteiger partial charge on any atom is 0.340 e. The van der Waals surface area contributed by atoms with Crippen LogP contribution in [0.3, 0.4) is 0 Å². The van der Waals surface area contributed by atoms with E-state index in [1.165, 1.54) is 11.8 Å². The molecule has 0 aliphatic heterocycles. The molecule has 24 heavy (non-hydrogen) atoms. The van der Waals surface area contributed by atoms with Gasteiger partial charge in [0.1, 0.15) is 0 Å². The fraction of sp³-hybridized carbons (Fsp3) is 0.316. The van der Waals surface area contributed by atoms with Crippen molar-refractivity contribution in [1.82, 2.24) is 10.3 Å². The predicted molar refractivity (Wildman–Crippen MR) is 89.4 cm³/mol. The van der Waals surface area contributed by atoms with Crippen LogP contribution in [0.1, 0.15) is 47.3 Å². The molecule has 0 radical (unpaired) electrons. The number of nitrogens with one attached hydrogen (secondary N) is 1. The maximum atomic E-state index is 12.4. The zero-order valence-electron chi connectivity index (χ0n) is 13.6. The number of carbonyl (C=O) groups excluding carboxylic acids is 2. The molecule has 1 aromatic heterocycles. The normalized spacial score (nSPS) is 17.5. The molecule has 1 aromatic carbocycles. The molecule has 5 nitrogen and oxygen atoms in total. The Morgan fingerprint density at radius 1 is 1.25 bits per heavy atom. The van der Waals surface area contributed by atoms with Gasteiger partial charge in [-0.15, -0.1) is 0 Å². The van der Waals surface area contributed by atoms with Crippen LogP contribution in [0.2, 0.25) is 0 Å². The molecule has 0 spiro atoms. The summed E-state index contributed by atoms with van der Waals surface area (Å²) in [6.07, 6.45) is 5.11. The number of carbonyl (C=O) groups is 2. The van der Waals surface area contributed by atoms with Crippen LogP contribution >= 0.6 is 0 Å². The number of aryl methyl sites for hydroxylation is 1. The van der Waals surface area contributed by atoms with Gasteiger partial charge in [-0.2, -0.15) is 0 Å². The first-order chi connectivity index (χ1) is 11.6. The van der Waals surface area contributed by atoms with Crippen LogP contribution < -0.4 is 5.32 Å². The van der Waals surface area contributed by atoms with Crippen molar-refractivity contribution in [1.29, 1.82) is 0 Å². The number of esters is 1. The van der Waals surface area contributed by atoms with Crippen LogP contribution in [0, 0.1) is 0 Å². The Hall–Kier alpha value is -2.69. The van der Waals surface area contributed by atoms with Crippen molar-refractivity contribution in [3.8, 4) is 0 Å². The van der Waals surface area contributed by atoms with Crippen molar-refractivity contribution in [2.45, 2.75) is 38.3 Å². The molecule has 1 aliphatic rings. The number of fused-ring (bicyclic) bond motifs is 1. The Morgan fingerprint density at radius 3 is 2.88 bits per heavy atom. The van der Waals surface area contributed by atoms with Gasteiger partial charge in [0.25, 0.3) is 5.91 Å². The average molecular weight is 324 g/mol. The first-order valence-corrected chi connectivity index (χ1v) is 8.14. The number of hydrogen-bond donors (Lipinski definition) is 1. The van der Waals surface area contributed by atoms with Gasteiger partial charge in [0, 0.05) is 12.4 Å². The number of hydrogen-bond acceptors (Lipinski definition) is 4. The summed E-state index contributed by atoms with van der Waals surface area (Å²) in [6.45, 7) is 1.58. The molecule has 1 N–H and O–H groups in total. The zero-order valence-corrected chi connectivity index (χ0v) is 13.6. The third-order valence-electron chi connectivity index (χ3n) is 4.24. The molecule has 3 rings (SSSR count).